The molecule has 1 N–H and O–H groups in total. The zero-order valence-electron chi connectivity index (χ0n) is 15.0. The fraction of sp³-hybridized carbons (Fsp3) is 0.286. The number of fused-ring (bicyclic) bond motifs is 1. The van der Waals surface area contributed by atoms with Crippen molar-refractivity contribution in [2.75, 3.05) is 30.1 Å². The summed E-state index contributed by atoms with van der Waals surface area (Å²) in [6.07, 6.45) is 3.94. The lowest BCUT2D eigenvalue weighted by molar-refractivity contribution is 0.174. The molecule has 27 heavy (non-hydrogen) atoms. The third-order valence-electron chi connectivity index (χ3n) is 5.01. The zero-order chi connectivity index (χ0) is 18.1. The lowest BCUT2D eigenvalue weighted by atomic mass is 10.1. The number of piperidine rings is 1. The molecule has 0 saturated carbocycles. The SMILES string of the molecule is c1cc(N2CCCCC2)ccc1Nc1nc(-c2ccc3c(c2)OCO3)cs1. The minimum Gasteiger partial charge on any atom is -0.454 e. The smallest absolute Gasteiger partial charge is 0.231 e. The summed E-state index contributed by atoms with van der Waals surface area (Å²) in [7, 11) is 0. The highest BCUT2D eigenvalue weighted by Gasteiger charge is 2.15. The van der Waals surface area contributed by atoms with Gasteiger partial charge < -0.3 is 19.7 Å². The van der Waals surface area contributed by atoms with Crippen molar-refractivity contribution in [3.05, 3.63) is 47.8 Å². The summed E-state index contributed by atoms with van der Waals surface area (Å²) in [6, 6.07) is 14.6. The second-order valence-electron chi connectivity index (χ2n) is 6.83. The highest BCUT2D eigenvalue weighted by Crippen LogP contribution is 2.37. The number of aromatic nitrogens is 1. The van der Waals surface area contributed by atoms with E-state index in [0.29, 0.717) is 0 Å². The predicted octanol–water partition coefficient (Wildman–Crippen LogP) is 5.27. The van der Waals surface area contributed by atoms with Gasteiger partial charge in [-0.15, -0.1) is 11.3 Å². The van der Waals surface area contributed by atoms with Crippen molar-refractivity contribution in [3.8, 4) is 22.8 Å². The van der Waals surface area contributed by atoms with Gasteiger partial charge >= 0.3 is 0 Å². The molecular weight excluding hydrogens is 358 g/mol. The van der Waals surface area contributed by atoms with Gasteiger partial charge in [-0.05, 0) is 61.7 Å². The standard InChI is InChI=1S/C21H21N3O2S/c1-2-10-24(11-3-1)17-7-5-16(6-8-17)22-21-23-18(13-27-21)15-4-9-19-20(12-15)26-14-25-19/h4-9,12-13H,1-3,10-11,14H2,(H,22,23). The van der Waals surface area contributed by atoms with E-state index in [-0.39, 0.29) is 6.79 Å². The van der Waals surface area contributed by atoms with Gasteiger partial charge in [-0.3, -0.25) is 0 Å². The fourth-order valence-electron chi connectivity index (χ4n) is 3.55. The molecule has 0 spiro atoms. The van der Waals surface area contributed by atoms with Crippen LogP contribution in [0.2, 0.25) is 0 Å². The first-order valence-electron chi connectivity index (χ1n) is 9.33. The first-order chi connectivity index (χ1) is 13.3. The normalized spacial score (nSPS) is 15.8. The molecule has 6 heteroatoms. The molecule has 2 aliphatic rings. The summed E-state index contributed by atoms with van der Waals surface area (Å²) in [6.45, 7) is 2.62. The highest BCUT2D eigenvalue weighted by molar-refractivity contribution is 7.14. The maximum atomic E-state index is 5.46. The Kier molecular flexibility index (Phi) is 4.33. The molecule has 3 heterocycles. The Labute approximate surface area is 162 Å². The van der Waals surface area contributed by atoms with Crippen LogP contribution in [-0.4, -0.2) is 24.9 Å². The summed E-state index contributed by atoms with van der Waals surface area (Å²) in [5.41, 5.74) is 4.33. The maximum absolute atomic E-state index is 5.46. The van der Waals surface area contributed by atoms with Crippen LogP contribution in [0.5, 0.6) is 11.5 Å². The topological polar surface area (TPSA) is 46.6 Å². The molecule has 2 aromatic carbocycles. The Bertz CT molecular complexity index is 933. The lowest BCUT2D eigenvalue weighted by Crippen LogP contribution is -2.29. The maximum Gasteiger partial charge on any atom is 0.231 e. The van der Waals surface area contributed by atoms with Gasteiger partial charge in [-0.1, -0.05) is 0 Å². The van der Waals surface area contributed by atoms with Crippen LogP contribution < -0.4 is 19.7 Å². The Balaban J connectivity index is 1.29. The number of rotatable bonds is 4. The van der Waals surface area contributed by atoms with Crippen molar-refractivity contribution in [1.29, 1.82) is 0 Å². The number of anilines is 3. The number of hydrogen-bond donors (Lipinski definition) is 1. The number of hydrogen-bond acceptors (Lipinski definition) is 6. The van der Waals surface area contributed by atoms with Crippen LogP contribution in [0.3, 0.4) is 0 Å². The number of nitrogens with zero attached hydrogens (tertiary/aromatic N) is 2. The minimum atomic E-state index is 0.288. The van der Waals surface area contributed by atoms with Gasteiger partial charge in [0.2, 0.25) is 6.79 Å². The summed E-state index contributed by atoms with van der Waals surface area (Å²) in [5.74, 6) is 1.57. The van der Waals surface area contributed by atoms with Crippen molar-refractivity contribution in [2.24, 2.45) is 0 Å². The van der Waals surface area contributed by atoms with Gasteiger partial charge in [0.15, 0.2) is 16.6 Å². The van der Waals surface area contributed by atoms with E-state index in [1.165, 1.54) is 24.9 Å². The van der Waals surface area contributed by atoms with Gasteiger partial charge in [0, 0.05) is 35.4 Å². The van der Waals surface area contributed by atoms with E-state index in [4.69, 9.17) is 14.5 Å². The number of thiazole rings is 1. The average Bonchev–Trinajstić information content (AvgIpc) is 3.38. The number of benzene rings is 2. The number of nitrogens with one attached hydrogen (secondary N) is 1. The van der Waals surface area contributed by atoms with Crippen LogP contribution in [0.25, 0.3) is 11.3 Å². The molecule has 1 fully saturated rings. The molecular formula is C21H21N3O2S. The van der Waals surface area contributed by atoms with Gasteiger partial charge in [0.1, 0.15) is 0 Å². The van der Waals surface area contributed by atoms with E-state index >= 15 is 0 Å². The summed E-state index contributed by atoms with van der Waals surface area (Å²) < 4.78 is 10.8. The minimum absolute atomic E-state index is 0.288. The molecule has 0 amide bonds. The van der Waals surface area contributed by atoms with Crippen molar-refractivity contribution in [1.82, 2.24) is 4.98 Å². The average molecular weight is 379 g/mol. The van der Waals surface area contributed by atoms with E-state index in [2.05, 4.69) is 39.9 Å². The van der Waals surface area contributed by atoms with Gasteiger partial charge in [-0.25, -0.2) is 4.98 Å². The van der Waals surface area contributed by atoms with Gasteiger partial charge in [0.05, 0.1) is 5.69 Å². The fourth-order valence-corrected chi connectivity index (χ4v) is 4.29. The largest absolute Gasteiger partial charge is 0.454 e. The van der Waals surface area contributed by atoms with Gasteiger partial charge in [0.25, 0.3) is 0 Å². The highest BCUT2D eigenvalue weighted by atomic mass is 32.1. The summed E-state index contributed by atoms with van der Waals surface area (Å²) in [4.78, 5) is 7.18. The zero-order valence-corrected chi connectivity index (χ0v) is 15.8. The Morgan fingerprint density at radius 1 is 0.926 bits per heavy atom. The molecule has 2 aliphatic heterocycles. The van der Waals surface area contributed by atoms with Crippen LogP contribution in [0.1, 0.15) is 19.3 Å². The third-order valence-corrected chi connectivity index (χ3v) is 5.77. The van der Waals surface area contributed by atoms with Crippen LogP contribution in [0.15, 0.2) is 47.8 Å². The second kappa shape index (κ2) is 7.12. The Hall–Kier alpha value is -2.73. The van der Waals surface area contributed by atoms with E-state index in [9.17, 15) is 0 Å². The molecule has 138 valence electrons. The van der Waals surface area contributed by atoms with Crippen molar-refractivity contribution in [2.45, 2.75) is 19.3 Å². The van der Waals surface area contributed by atoms with Crippen LogP contribution >= 0.6 is 11.3 Å². The van der Waals surface area contributed by atoms with Gasteiger partial charge in [-0.2, -0.15) is 0 Å². The van der Waals surface area contributed by atoms with E-state index in [1.807, 2.05) is 18.2 Å². The lowest BCUT2D eigenvalue weighted by Gasteiger charge is -2.28. The quantitative estimate of drug-likeness (QED) is 0.669. The Morgan fingerprint density at radius 3 is 2.59 bits per heavy atom. The first-order valence-corrected chi connectivity index (χ1v) is 10.2. The molecule has 0 bridgehead atoms. The third kappa shape index (κ3) is 3.45. The molecule has 1 aromatic heterocycles. The molecule has 5 nitrogen and oxygen atoms in total. The Morgan fingerprint density at radius 2 is 1.74 bits per heavy atom. The van der Waals surface area contributed by atoms with Crippen LogP contribution in [0.4, 0.5) is 16.5 Å². The van der Waals surface area contributed by atoms with Crippen molar-refractivity contribution >= 4 is 27.8 Å². The predicted molar refractivity (Wildman–Crippen MR) is 109 cm³/mol. The molecule has 0 aliphatic carbocycles. The van der Waals surface area contributed by atoms with E-state index in [0.717, 1.165) is 46.7 Å². The van der Waals surface area contributed by atoms with Crippen molar-refractivity contribution < 1.29 is 9.47 Å². The molecule has 5 rings (SSSR count). The van der Waals surface area contributed by atoms with Crippen molar-refractivity contribution in [3.63, 3.8) is 0 Å². The molecule has 0 radical (unpaired) electrons. The molecule has 3 aromatic rings. The van der Waals surface area contributed by atoms with Crippen LogP contribution in [0, 0.1) is 0 Å². The summed E-state index contributed by atoms with van der Waals surface area (Å²) >= 11 is 1.60. The summed E-state index contributed by atoms with van der Waals surface area (Å²) in [5, 5.41) is 6.35. The second-order valence-corrected chi connectivity index (χ2v) is 7.68. The van der Waals surface area contributed by atoms with Crippen LogP contribution in [-0.2, 0) is 0 Å². The monoisotopic (exact) mass is 379 g/mol. The molecule has 0 atom stereocenters. The first kappa shape index (κ1) is 16.4. The number of ether oxygens (including phenoxy) is 2. The molecule has 1 saturated heterocycles. The van der Waals surface area contributed by atoms with E-state index < -0.39 is 0 Å². The van der Waals surface area contributed by atoms with E-state index in [1.54, 1.807) is 11.3 Å². The molecule has 0 unspecified atom stereocenters.